The van der Waals surface area contributed by atoms with Crippen LogP contribution in [0.4, 0.5) is 0 Å². The first-order valence-corrected chi connectivity index (χ1v) is 5.19. The zero-order valence-electron chi connectivity index (χ0n) is 9.01. The lowest BCUT2D eigenvalue weighted by molar-refractivity contribution is 0.157. The summed E-state index contributed by atoms with van der Waals surface area (Å²) in [4.78, 5) is 0. The molecule has 0 bridgehead atoms. The van der Waals surface area contributed by atoms with Gasteiger partial charge in [0.1, 0.15) is 0 Å². The Balaban J connectivity index is 2.87. The highest BCUT2D eigenvalue weighted by atomic mass is 16.5. The summed E-state index contributed by atoms with van der Waals surface area (Å²) in [5.74, 6) is 0. The van der Waals surface area contributed by atoms with Crippen molar-refractivity contribution in [3.8, 4) is 0 Å². The van der Waals surface area contributed by atoms with Crippen molar-refractivity contribution < 1.29 is 4.74 Å². The van der Waals surface area contributed by atoms with E-state index < -0.39 is 0 Å². The molecular formula is C11H23NO. The van der Waals surface area contributed by atoms with Crippen LogP contribution in [-0.4, -0.2) is 25.8 Å². The van der Waals surface area contributed by atoms with E-state index in [-0.39, 0.29) is 0 Å². The molecule has 1 N–H and O–H groups in total. The highest BCUT2D eigenvalue weighted by Gasteiger charge is 1.92. The van der Waals surface area contributed by atoms with E-state index in [0.29, 0.717) is 12.6 Å². The smallest absolute Gasteiger partial charge is 0.0644 e. The van der Waals surface area contributed by atoms with Gasteiger partial charge in [-0.15, -0.1) is 6.58 Å². The molecule has 0 aliphatic heterocycles. The predicted molar refractivity (Wildman–Crippen MR) is 58.0 cm³/mol. The normalized spacial score (nSPS) is 10.7. The van der Waals surface area contributed by atoms with Crippen LogP contribution in [0.25, 0.3) is 0 Å². The summed E-state index contributed by atoms with van der Waals surface area (Å²) in [5, 5.41) is 3.39. The van der Waals surface area contributed by atoms with Crippen molar-refractivity contribution in [3.63, 3.8) is 0 Å². The van der Waals surface area contributed by atoms with Gasteiger partial charge in [-0.2, -0.15) is 0 Å². The van der Waals surface area contributed by atoms with Gasteiger partial charge in [0.15, 0.2) is 0 Å². The van der Waals surface area contributed by atoms with Crippen molar-refractivity contribution in [3.05, 3.63) is 12.7 Å². The third-order valence-electron chi connectivity index (χ3n) is 1.75. The topological polar surface area (TPSA) is 21.3 Å². The van der Waals surface area contributed by atoms with Gasteiger partial charge in [-0.05, 0) is 25.8 Å². The van der Waals surface area contributed by atoms with E-state index in [1.165, 1.54) is 12.8 Å². The summed E-state index contributed by atoms with van der Waals surface area (Å²) in [5.41, 5.74) is 0. The minimum absolute atomic E-state index is 0.608. The first-order chi connectivity index (χ1) is 6.27. The van der Waals surface area contributed by atoms with Gasteiger partial charge in [0.2, 0.25) is 0 Å². The molecule has 0 spiro atoms. The third-order valence-corrected chi connectivity index (χ3v) is 1.75. The molecule has 0 atom stereocenters. The Morgan fingerprint density at radius 2 is 2.08 bits per heavy atom. The zero-order valence-corrected chi connectivity index (χ0v) is 9.01. The number of nitrogens with one attached hydrogen (secondary N) is 1. The highest BCUT2D eigenvalue weighted by molar-refractivity contribution is 4.63. The molecule has 78 valence electrons. The van der Waals surface area contributed by atoms with Crippen LogP contribution in [0.1, 0.15) is 33.1 Å². The maximum atomic E-state index is 5.27. The fourth-order valence-corrected chi connectivity index (χ4v) is 1.06. The van der Waals surface area contributed by atoms with Crippen molar-refractivity contribution in [1.29, 1.82) is 0 Å². The maximum Gasteiger partial charge on any atom is 0.0644 e. The maximum absolute atomic E-state index is 5.27. The molecule has 0 rings (SSSR count). The summed E-state index contributed by atoms with van der Waals surface area (Å²) in [6.45, 7) is 10.6. The lowest BCUT2D eigenvalue weighted by Crippen LogP contribution is -2.23. The summed E-state index contributed by atoms with van der Waals surface area (Å²) in [6.07, 6.45) is 5.44. The Hall–Kier alpha value is -0.340. The molecule has 0 saturated carbocycles. The van der Waals surface area contributed by atoms with Gasteiger partial charge in [0, 0.05) is 12.6 Å². The lowest BCUT2D eigenvalue weighted by atomic mass is 10.2. The Kier molecular flexibility index (Phi) is 9.49. The van der Waals surface area contributed by atoms with Crippen molar-refractivity contribution in [2.45, 2.75) is 39.2 Å². The van der Waals surface area contributed by atoms with Gasteiger partial charge in [0.05, 0.1) is 6.61 Å². The van der Waals surface area contributed by atoms with Crippen molar-refractivity contribution >= 4 is 0 Å². The van der Waals surface area contributed by atoms with E-state index >= 15 is 0 Å². The molecule has 0 fully saturated rings. The van der Waals surface area contributed by atoms with Gasteiger partial charge in [-0.25, -0.2) is 0 Å². The Labute approximate surface area is 82.4 Å². The van der Waals surface area contributed by atoms with Crippen LogP contribution < -0.4 is 5.32 Å². The molecule has 2 heteroatoms. The quantitative estimate of drug-likeness (QED) is 0.440. The summed E-state index contributed by atoms with van der Waals surface area (Å²) >= 11 is 0. The van der Waals surface area contributed by atoms with Gasteiger partial charge in [0.25, 0.3) is 0 Å². The second kappa shape index (κ2) is 9.75. The summed E-state index contributed by atoms with van der Waals surface area (Å²) in [7, 11) is 0. The average molecular weight is 185 g/mol. The molecule has 0 aliphatic carbocycles. The van der Waals surface area contributed by atoms with Crippen LogP contribution >= 0.6 is 0 Å². The van der Waals surface area contributed by atoms with Crippen LogP contribution in [0.2, 0.25) is 0 Å². The Morgan fingerprint density at radius 3 is 2.69 bits per heavy atom. The van der Waals surface area contributed by atoms with Gasteiger partial charge in [-0.1, -0.05) is 19.9 Å². The van der Waals surface area contributed by atoms with Crippen LogP contribution in [0.15, 0.2) is 12.7 Å². The fourth-order valence-electron chi connectivity index (χ4n) is 1.06. The van der Waals surface area contributed by atoms with E-state index in [2.05, 4.69) is 25.7 Å². The van der Waals surface area contributed by atoms with Crippen molar-refractivity contribution in [2.75, 3.05) is 19.8 Å². The van der Waals surface area contributed by atoms with Crippen LogP contribution in [0.3, 0.4) is 0 Å². The van der Waals surface area contributed by atoms with Gasteiger partial charge >= 0.3 is 0 Å². The standard InChI is InChI=1S/C11H23NO/c1-4-9-13-10-7-5-6-8-12-11(2)3/h4,11-12H,1,5-10H2,2-3H3. The minimum Gasteiger partial charge on any atom is -0.377 e. The van der Waals surface area contributed by atoms with E-state index in [0.717, 1.165) is 19.6 Å². The van der Waals surface area contributed by atoms with Crippen molar-refractivity contribution in [2.24, 2.45) is 0 Å². The molecule has 0 aromatic heterocycles. The molecule has 0 amide bonds. The molecule has 0 aromatic carbocycles. The second-order valence-corrected chi connectivity index (χ2v) is 3.53. The third kappa shape index (κ3) is 11.7. The van der Waals surface area contributed by atoms with Crippen LogP contribution in [0, 0.1) is 0 Å². The number of rotatable bonds is 9. The number of hydrogen-bond acceptors (Lipinski definition) is 2. The van der Waals surface area contributed by atoms with E-state index in [1.54, 1.807) is 6.08 Å². The Bertz CT molecular complexity index is 113. The summed E-state index contributed by atoms with van der Waals surface area (Å²) < 4.78 is 5.27. The molecule has 2 nitrogen and oxygen atoms in total. The second-order valence-electron chi connectivity index (χ2n) is 3.53. The molecule has 0 unspecified atom stereocenters. The first-order valence-electron chi connectivity index (χ1n) is 5.19. The molecule has 0 aromatic rings. The number of hydrogen-bond donors (Lipinski definition) is 1. The highest BCUT2D eigenvalue weighted by Crippen LogP contribution is 1.95. The van der Waals surface area contributed by atoms with Crippen LogP contribution in [0.5, 0.6) is 0 Å². The average Bonchev–Trinajstić information content (AvgIpc) is 2.09. The molecular weight excluding hydrogens is 162 g/mol. The van der Waals surface area contributed by atoms with E-state index in [4.69, 9.17) is 4.74 Å². The first kappa shape index (κ1) is 12.7. The van der Waals surface area contributed by atoms with E-state index in [9.17, 15) is 0 Å². The minimum atomic E-state index is 0.608. The lowest BCUT2D eigenvalue weighted by Gasteiger charge is -2.07. The number of ether oxygens (including phenoxy) is 1. The SMILES string of the molecule is C=CCOCCCCCNC(C)C. The van der Waals surface area contributed by atoms with Crippen molar-refractivity contribution in [1.82, 2.24) is 5.32 Å². The molecule has 13 heavy (non-hydrogen) atoms. The fraction of sp³-hybridized carbons (Fsp3) is 0.818. The summed E-state index contributed by atoms with van der Waals surface area (Å²) in [6, 6.07) is 0.608. The predicted octanol–water partition coefficient (Wildman–Crippen LogP) is 2.36. The van der Waals surface area contributed by atoms with Gasteiger partial charge in [-0.3, -0.25) is 0 Å². The zero-order chi connectivity index (χ0) is 9.94. The largest absolute Gasteiger partial charge is 0.377 e. The van der Waals surface area contributed by atoms with E-state index in [1.807, 2.05) is 0 Å². The van der Waals surface area contributed by atoms with Gasteiger partial charge < -0.3 is 10.1 Å². The number of unbranched alkanes of at least 4 members (excludes halogenated alkanes) is 2. The molecule has 0 saturated heterocycles. The molecule has 0 heterocycles. The van der Waals surface area contributed by atoms with Crippen LogP contribution in [-0.2, 0) is 4.74 Å². The monoisotopic (exact) mass is 185 g/mol. The Morgan fingerprint density at radius 1 is 1.31 bits per heavy atom. The molecule has 0 aliphatic rings. The molecule has 0 radical (unpaired) electrons.